The van der Waals surface area contributed by atoms with E-state index in [0.29, 0.717) is 0 Å². The first-order chi connectivity index (χ1) is 25.6. The van der Waals surface area contributed by atoms with E-state index in [4.69, 9.17) is 4.42 Å². The van der Waals surface area contributed by atoms with Gasteiger partial charge in [0.15, 0.2) is 0 Å². The zero-order chi connectivity index (χ0) is 34.6. The van der Waals surface area contributed by atoms with Crippen LogP contribution in [-0.2, 0) is 5.41 Å². The number of hydrogen-bond acceptors (Lipinski definition) is 1. The molecule has 0 saturated heterocycles. The molecule has 0 aliphatic heterocycles. The summed E-state index contributed by atoms with van der Waals surface area (Å²) < 4.78 is 6.21. The molecule has 0 atom stereocenters. The maximum atomic E-state index is 6.21. The highest BCUT2D eigenvalue weighted by atomic mass is 16.3. The maximum absolute atomic E-state index is 6.21. The van der Waals surface area contributed by atoms with E-state index in [-0.39, 0.29) is 5.41 Å². The monoisotopic (exact) mass is 662 g/mol. The largest absolute Gasteiger partial charge is 0.456 e. The van der Waals surface area contributed by atoms with Crippen LogP contribution in [0, 0.1) is 0 Å². The van der Waals surface area contributed by atoms with Gasteiger partial charge in [0, 0.05) is 16.2 Å². The molecular formula is C51H34O. The lowest BCUT2D eigenvalue weighted by atomic mass is 9.81. The zero-order valence-electron chi connectivity index (χ0n) is 29.1. The third-order valence-corrected chi connectivity index (χ3v) is 11.7. The van der Waals surface area contributed by atoms with Crippen LogP contribution in [0.25, 0.3) is 98.8 Å². The Hall–Kier alpha value is -6.44. The van der Waals surface area contributed by atoms with Crippen molar-refractivity contribution in [1.29, 1.82) is 0 Å². The molecule has 0 N–H and O–H groups in total. The van der Waals surface area contributed by atoms with E-state index >= 15 is 0 Å². The third-order valence-electron chi connectivity index (χ3n) is 11.7. The Labute approximate surface area is 302 Å². The van der Waals surface area contributed by atoms with Crippen molar-refractivity contribution in [3.05, 3.63) is 181 Å². The highest BCUT2D eigenvalue weighted by molar-refractivity contribution is 6.23. The molecule has 0 amide bonds. The molecule has 1 heteroatoms. The van der Waals surface area contributed by atoms with Crippen LogP contribution < -0.4 is 0 Å². The summed E-state index contributed by atoms with van der Waals surface area (Å²) in [6, 6.07) is 62.5. The molecular weight excluding hydrogens is 629 g/mol. The topological polar surface area (TPSA) is 13.1 Å². The van der Waals surface area contributed by atoms with Crippen LogP contribution in [0.5, 0.6) is 0 Å². The normalized spacial score (nSPS) is 13.3. The lowest BCUT2D eigenvalue weighted by Gasteiger charge is -2.22. The second-order valence-electron chi connectivity index (χ2n) is 14.8. The van der Waals surface area contributed by atoms with Crippen LogP contribution in [0.1, 0.15) is 25.0 Å². The molecule has 1 aromatic heterocycles. The molecule has 0 unspecified atom stereocenters. The van der Waals surface area contributed by atoms with Gasteiger partial charge in [0.25, 0.3) is 0 Å². The van der Waals surface area contributed by atoms with Gasteiger partial charge in [0.2, 0.25) is 0 Å². The van der Waals surface area contributed by atoms with Crippen LogP contribution in [-0.4, -0.2) is 0 Å². The third kappa shape index (κ3) is 4.05. The summed E-state index contributed by atoms with van der Waals surface area (Å²) in [5.41, 5.74) is 14.7. The fraction of sp³-hybridized carbons (Fsp3) is 0.0588. The molecule has 0 saturated carbocycles. The van der Waals surface area contributed by atoms with Gasteiger partial charge in [-0.3, -0.25) is 0 Å². The van der Waals surface area contributed by atoms with Gasteiger partial charge >= 0.3 is 0 Å². The summed E-state index contributed by atoms with van der Waals surface area (Å²) in [5.74, 6) is 0. The maximum Gasteiger partial charge on any atom is 0.135 e. The number of benzene rings is 9. The minimum atomic E-state index is -0.0727. The number of para-hydroxylation sites is 1. The molecule has 1 aliphatic rings. The predicted octanol–water partition coefficient (Wildman–Crippen LogP) is 14.4. The Morgan fingerprint density at radius 2 is 0.904 bits per heavy atom. The quantitative estimate of drug-likeness (QED) is 0.172. The fourth-order valence-corrected chi connectivity index (χ4v) is 9.26. The fourth-order valence-electron chi connectivity index (χ4n) is 9.26. The standard InChI is InChI=1S/C51H34O/c1-51(2)44-26-24-33(30-43(44)50-35-15-4-3-13-31(35)23-27-45(50)51)48-38-18-7-9-20-40(38)49(41-21-10-8-19-39(41)48)37-17-6-5-14-34(37)32-25-28-47-42(29-32)36-16-11-12-22-46(36)52-47/h3-30H,1-2H3. The van der Waals surface area contributed by atoms with Gasteiger partial charge in [-0.15, -0.1) is 0 Å². The van der Waals surface area contributed by atoms with E-state index in [0.717, 1.165) is 21.9 Å². The Morgan fingerprint density at radius 1 is 0.346 bits per heavy atom. The number of fused-ring (bicyclic) bond motifs is 10. The molecule has 1 aliphatic carbocycles. The highest BCUT2D eigenvalue weighted by Crippen LogP contribution is 2.53. The second kappa shape index (κ2) is 10.8. The van der Waals surface area contributed by atoms with Crippen molar-refractivity contribution in [2.24, 2.45) is 0 Å². The van der Waals surface area contributed by atoms with Gasteiger partial charge in [-0.25, -0.2) is 0 Å². The summed E-state index contributed by atoms with van der Waals surface area (Å²) in [6.45, 7) is 4.74. The lowest BCUT2D eigenvalue weighted by molar-refractivity contribution is 0.661. The summed E-state index contributed by atoms with van der Waals surface area (Å²) in [4.78, 5) is 0. The molecule has 1 nitrogen and oxygen atoms in total. The van der Waals surface area contributed by atoms with Gasteiger partial charge in [0.1, 0.15) is 11.2 Å². The van der Waals surface area contributed by atoms with Crippen LogP contribution in [0.4, 0.5) is 0 Å². The molecule has 0 bridgehead atoms. The van der Waals surface area contributed by atoms with E-state index < -0.39 is 0 Å². The summed E-state index contributed by atoms with van der Waals surface area (Å²) >= 11 is 0. The van der Waals surface area contributed by atoms with Crippen LogP contribution in [0.2, 0.25) is 0 Å². The molecule has 11 rings (SSSR count). The molecule has 0 radical (unpaired) electrons. The van der Waals surface area contributed by atoms with Crippen molar-refractivity contribution >= 4 is 54.3 Å². The van der Waals surface area contributed by atoms with Crippen LogP contribution in [0.3, 0.4) is 0 Å². The molecule has 52 heavy (non-hydrogen) atoms. The number of furan rings is 1. The Kier molecular flexibility index (Phi) is 6.08. The van der Waals surface area contributed by atoms with Crippen LogP contribution >= 0.6 is 0 Å². The van der Waals surface area contributed by atoms with Crippen molar-refractivity contribution in [2.75, 3.05) is 0 Å². The average molecular weight is 663 g/mol. The van der Waals surface area contributed by atoms with Gasteiger partial charge in [0.05, 0.1) is 0 Å². The Balaban J connectivity index is 1.17. The molecule has 0 fully saturated rings. The van der Waals surface area contributed by atoms with Gasteiger partial charge in [-0.05, 0) is 112 Å². The summed E-state index contributed by atoms with van der Waals surface area (Å²) in [5, 5.41) is 9.93. The minimum Gasteiger partial charge on any atom is -0.456 e. The van der Waals surface area contributed by atoms with Crippen molar-refractivity contribution in [3.63, 3.8) is 0 Å². The van der Waals surface area contributed by atoms with E-state index in [2.05, 4.69) is 172 Å². The van der Waals surface area contributed by atoms with Crippen molar-refractivity contribution in [1.82, 2.24) is 0 Å². The van der Waals surface area contributed by atoms with Crippen LogP contribution in [0.15, 0.2) is 174 Å². The SMILES string of the molecule is CC1(C)c2ccc(-c3c4ccccc4c(-c4ccccc4-c4ccc5oc6ccccc6c5c4)c4ccccc34)cc2-c2c1ccc1ccccc21. The van der Waals surface area contributed by atoms with Gasteiger partial charge < -0.3 is 4.42 Å². The van der Waals surface area contributed by atoms with E-state index in [1.807, 2.05) is 12.1 Å². The average Bonchev–Trinajstić information content (AvgIpc) is 3.68. The molecule has 244 valence electrons. The molecule has 0 spiro atoms. The van der Waals surface area contributed by atoms with Crippen molar-refractivity contribution < 1.29 is 4.42 Å². The highest BCUT2D eigenvalue weighted by Gasteiger charge is 2.36. The zero-order valence-corrected chi connectivity index (χ0v) is 29.1. The summed E-state index contributed by atoms with van der Waals surface area (Å²) in [7, 11) is 0. The number of rotatable bonds is 3. The minimum absolute atomic E-state index is 0.0727. The van der Waals surface area contributed by atoms with Gasteiger partial charge in [-0.2, -0.15) is 0 Å². The van der Waals surface area contributed by atoms with Crippen molar-refractivity contribution in [2.45, 2.75) is 19.3 Å². The smallest absolute Gasteiger partial charge is 0.135 e. The lowest BCUT2D eigenvalue weighted by Crippen LogP contribution is -2.14. The van der Waals surface area contributed by atoms with E-state index in [9.17, 15) is 0 Å². The first kappa shape index (κ1) is 29.3. The molecule has 10 aromatic rings. The molecule has 1 heterocycles. The predicted molar refractivity (Wildman–Crippen MR) is 220 cm³/mol. The van der Waals surface area contributed by atoms with E-state index in [1.165, 1.54) is 88.0 Å². The first-order valence-corrected chi connectivity index (χ1v) is 18.2. The summed E-state index contributed by atoms with van der Waals surface area (Å²) in [6.07, 6.45) is 0. The number of hydrogen-bond donors (Lipinski definition) is 0. The second-order valence-corrected chi connectivity index (χ2v) is 14.8. The Morgan fingerprint density at radius 3 is 1.65 bits per heavy atom. The molecule has 9 aromatic carbocycles. The van der Waals surface area contributed by atoms with E-state index in [1.54, 1.807) is 0 Å². The first-order valence-electron chi connectivity index (χ1n) is 18.2. The van der Waals surface area contributed by atoms with Gasteiger partial charge in [-0.1, -0.05) is 159 Å². The Bertz CT molecular complexity index is 3040. The van der Waals surface area contributed by atoms with Crippen molar-refractivity contribution in [3.8, 4) is 44.5 Å².